The first-order valence-electron chi connectivity index (χ1n) is 10.2. The number of piperidine rings is 1. The molecule has 2 heterocycles. The van der Waals surface area contributed by atoms with E-state index in [4.69, 9.17) is 0 Å². The second-order valence-electron chi connectivity index (χ2n) is 8.00. The van der Waals surface area contributed by atoms with Crippen molar-refractivity contribution < 1.29 is 13.2 Å². The molecule has 3 rings (SSSR count). The molecule has 1 aliphatic heterocycles. The molecule has 0 saturated carbocycles. The molecule has 1 unspecified atom stereocenters. The summed E-state index contributed by atoms with van der Waals surface area (Å²) in [5, 5.41) is 4.37. The van der Waals surface area contributed by atoms with Crippen molar-refractivity contribution in [1.29, 1.82) is 0 Å². The highest BCUT2D eigenvalue weighted by Gasteiger charge is 2.24. The third-order valence-electron chi connectivity index (χ3n) is 5.68. The van der Waals surface area contributed by atoms with E-state index in [1.165, 1.54) is 0 Å². The van der Waals surface area contributed by atoms with Crippen LogP contribution in [0.2, 0.25) is 0 Å². The number of amides is 1. The number of aromatic nitrogens is 2. The van der Waals surface area contributed by atoms with E-state index in [1.807, 2.05) is 33.9 Å². The third kappa shape index (κ3) is 5.17. The summed E-state index contributed by atoms with van der Waals surface area (Å²) in [6.45, 7) is 7.38. The molecule has 0 aliphatic carbocycles. The van der Waals surface area contributed by atoms with Gasteiger partial charge in [-0.1, -0.05) is 17.7 Å². The average molecular weight is 431 g/mol. The summed E-state index contributed by atoms with van der Waals surface area (Å²) in [5.74, 6) is 0.0435. The fourth-order valence-corrected chi connectivity index (χ4v) is 4.87. The fraction of sp³-hybridized carbons (Fsp3) is 0.455. The van der Waals surface area contributed by atoms with Crippen LogP contribution in [0, 0.1) is 26.7 Å². The maximum absolute atomic E-state index is 12.7. The molecule has 1 aliphatic rings. The number of aryl methyl sites for hydroxylation is 3. The van der Waals surface area contributed by atoms with Crippen LogP contribution in [0.25, 0.3) is 6.08 Å². The number of hydrogen-bond donors (Lipinski definition) is 1. The Labute approximate surface area is 178 Å². The van der Waals surface area contributed by atoms with Crippen molar-refractivity contribution in [1.82, 2.24) is 19.4 Å². The summed E-state index contributed by atoms with van der Waals surface area (Å²) in [6, 6.07) is 6.80. The predicted molar refractivity (Wildman–Crippen MR) is 117 cm³/mol. The summed E-state index contributed by atoms with van der Waals surface area (Å²) in [5.41, 5.74) is 3.88. The third-order valence-corrected chi connectivity index (χ3v) is 7.12. The van der Waals surface area contributed by atoms with Crippen LogP contribution in [0.15, 0.2) is 35.2 Å². The number of rotatable bonds is 6. The second kappa shape index (κ2) is 9.14. The van der Waals surface area contributed by atoms with Gasteiger partial charge in [0.1, 0.15) is 0 Å². The lowest BCUT2D eigenvalue weighted by molar-refractivity contribution is -0.127. The maximum Gasteiger partial charge on any atom is 0.246 e. The molecule has 1 aromatic heterocycles. The van der Waals surface area contributed by atoms with Crippen molar-refractivity contribution in [3.05, 3.63) is 52.9 Å². The van der Waals surface area contributed by atoms with Crippen LogP contribution in [-0.2, 0) is 21.9 Å². The molecular formula is C22H30N4O3S. The average Bonchev–Trinajstić information content (AvgIpc) is 2.96. The monoisotopic (exact) mass is 430 g/mol. The SMILES string of the molecule is Cc1ccc(S(=O)(=O)NCC2CCCN(C(=O)/C=C/c3c(C)nn(C)c3C)C2)cc1. The summed E-state index contributed by atoms with van der Waals surface area (Å²) < 4.78 is 29.5. The molecule has 1 aromatic carbocycles. The quantitative estimate of drug-likeness (QED) is 0.714. The number of nitrogens with zero attached hydrogens (tertiary/aromatic N) is 3. The molecule has 1 N–H and O–H groups in total. The summed E-state index contributed by atoms with van der Waals surface area (Å²) >= 11 is 0. The van der Waals surface area contributed by atoms with Gasteiger partial charge < -0.3 is 4.90 Å². The predicted octanol–water partition coefficient (Wildman–Crippen LogP) is 2.58. The number of hydrogen-bond acceptors (Lipinski definition) is 4. The van der Waals surface area contributed by atoms with Crippen molar-refractivity contribution >= 4 is 22.0 Å². The van der Waals surface area contributed by atoms with Crippen molar-refractivity contribution in [3.63, 3.8) is 0 Å². The normalized spacial score (nSPS) is 17.6. The molecule has 162 valence electrons. The second-order valence-corrected chi connectivity index (χ2v) is 9.77. The molecule has 2 aromatic rings. The number of carbonyl (C=O) groups excluding carboxylic acids is 1. The van der Waals surface area contributed by atoms with Crippen LogP contribution >= 0.6 is 0 Å². The lowest BCUT2D eigenvalue weighted by Crippen LogP contribution is -2.43. The van der Waals surface area contributed by atoms with Crippen molar-refractivity contribution in [2.45, 2.75) is 38.5 Å². The molecule has 8 heteroatoms. The number of carbonyl (C=O) groups is 1. The van der Waals surface area contributed by atoms with Crippen LogP contribution in [0.4, 0.5) is 0 Å². The topological polar surface area (TPSA) is 84.3 Å². The van der Waals surface area contributed by atoms with E-state index in [0.717, 1.165) is 35.4 Å². The molecule has 1 atom stereocenters. The van der Waals surface area contributed by atoms with E-state index in [-0.39, 0.29) is 16.7 Å². The lowest BCUT2D eigenvalue weighted by Gasteiger charge is -2.32. The fourth-order valence-electron chi connectivity index (χ4n) is 3.75. The minimum Gasteiger partial charge on any atom is -0.339 e. The summed E-state index contributed by atoms with van der Waals surface area (Å²) in [6.07, 6.45) is 5.17. The molecule has 1 fully saturated rings. The van der Waals surface area contributed by atoms with Crippen molar-refractivity contribution in [3.8, 4) is 0 Å². The number of sulfonamides is 1. The standard InChI is InChI=1S/C22H30N4O3S/c1-16-7-9-20(10-8-16)30(28,29)23-14-19-6-5-13-26(15-19)22(27)12-11-21-17(2)24-25(4)18(21)3/h7-12,19,23H,5-6,13-15H2,1-4H3/b12-11+. The number of benzene rings is 1. The van der Waals surface area contributed by atoms with Crippen LogP contribution in [0.1, 0.15) is 35.4 Å². The van der Waals surface area contributed by atoms with Crippen LogP contribution in [0.3, 0.4) is 0 Å². The molecule has 1 saturated heterocycles. The van der Waals surface area contributed by atoms with Gasteiger partial charge in [0.15, 0.2) is 0 Å². The Morgan fingerprint density at radius 2 is 1.93 bits per heavy atom. The van der Waals surface area contributed by atoms with Crippen LogP contribution in [-0.4, -0.2) is 48.6 Å². The largest absolute Gasteiger partial charge is 0.339 e. The first-order chi connectivity index (χ1) is 14.2. The van der Waals surface area contributed by atoms with Gasteiger partial charge >= 0.3 is 0 Å². The Morgan fingerprint density at radius 1 is 1.23 bits per heavy atom. The molecular weight excluding hydrogens is 400 g/mol. The van der Waals surface area contributed by atoms with E-state index in [1.54, 1.807) is 39.9 Å². The smallest absolute Gasteiger partial charge is 0.246 e. The highest BCUT2D eigenvalue weighted by atomic mass is 32.2. The van der Waals surface area contributed by atoms with Crippen molar-refractivity contribution in [2.24, 2.45) is 13.0 Å². The highest BCUT2D eigenvalue weighted by Crippen LogP contribution is 2.19. The number of likely N-dealkylation sites (tertiary alicyclic amines) is 1. The van der Waals surface area contributed by atoms with Gasteiger partial charge in [0, 0.05) is 44.0 Å². The minimum atomic E-state index is -3.54. The summed E-state index contributed by atoms with van der Waals surface area (Å²) in [7, 11) is -1.66. The first kappa shape index (κ1) is 22.2. The zero-order valence-electron chi connectivity index (χ0n) is 18.1. The van der Waals surface area contributed by atoms with Gasteiger partial charge in [0.25, 0.3) is 0 Å². The molecule has 30 heavy (non-hydrogen) atoms. The van der Waals surface area contributed by atoms with Gasteiger partial charge in [-0.15, -0.1) is 0 Å². The van der Waals surface area contributed by atoms with Gasteiger partial charge in [-0.25, -0.2) is 13.1 Å². The molecule has 1 amide bonds. The molecule has 0 bridgehead atoms. The molecule has 0 spiro atoms. The van der Waals surface area contributed by atoms with E-state index >= 15 is 0 Å². The van der Waals surface area contributed by atoms with Crippen LogP contribution < -0.4 is 4.72 Å². The first-order valence-corrected chi connectivity index (χ1v) is 11.7. The number of nitrogens with one attached hydrogen (secondary N) is 1. The van der Waals surface area contributed by atoms with Crippen molar-refractivity contribution in [2.75, 3.05) is 19.6 Å². The molecule has 7 nitrogen and oxygen atoms in total. The van der Waals surface area contributed by atoms with Gasteiger partial charge in [0.2, 0.25) is 15.9 Å². The van der Waals surface area contributed by atoms with E-state index in [9.17, 15) is 13.2 Å². The Kier molecular flexibility index (Phi) is 6.77. The Balaban J connectivity index is 1.59. The Morgan fingerprint density at radius 3 is 2.57 bits per heavy atom. The van der Waals surface area contributed by atoms with Gasteiger partial charge in [-0.3, -0.25) is 9.48 Å². The van der Waals surface area contributed by atoms with E-state index < -0.39 is 10.0 Å². The maximum atomic E-state index is 12.7. The summed E-state index contributed by atoms with van der Waals surface area (Å²) in [4.78, 5) is 14.7. The molecule has 0 radical (unpaired) electrons. The Hall–Kier alpha value is -2.45. The lowest BCUT2D eigenvalue weighted by atomic mass is 9.98. The zero-order valence-corrected chi connectivity index (χ0v) is 18.9. The van der Waals surface area contributed by atoms with E-state index in [2.05, 4.69) is 9.82 Å². The van der Waals surface area contributed by atoms with Crippen LogP contribution in [0.5, 0.6) is 0 Å². The zero-order chi connectivity index (χ0) is 21.9. The highest BCUT2D eigenvalue weighted by molar-refractivity contribution is 7.89. The minimum absolute atomic E-state index is 0.0521. The van der Waals surface area contributed by atoms with Gasteiger partial charge in [-0.05, 0) is 57.7 Å². The van der Waals surface area contributed by atoms with Gasteiger partial charge in [-0.2, -0.15) is 5.10 Å². The van der Waals surface area contributed by atoms with E-state index in [0.29, 0.717) is 19.6 Å². The van der Waals surface area contributed by atoms with Gasteiger partial charge in [0.05, 0.1) is 10.6 Å². The Bertz CT molecular complexity index is 1040.